The van der Waals surface area contributed by atoms with Crippen molar-refractivity contribution < 1.29 is 13.2 Å². The van der Waals surface area contributed by atoms with Crippen LogP contribution in [0.1, 0.15) is 47.6 Å². The number of rotatable bonds is 6. The van der Waals surface area contributed by atoms with Crippen molar-refractivity contribution in [3.05, 3.63) is 95.3 Å². The molecule has 5 rings (SSSR count). The van der Waals surface area contributed by atoms with Crippen LogP contribution in [-0.4, -0.2) is 36.7 Å². The molecular weight excluding hydrogens is 446 g/mol. The first kappa shape index (κ1) is 22.7. The fourth-order valence-electron chi connectivity index (χ4n) is 5.04. The van der Waals surface area contributed by atoms with Gasteiger partial charge < -0.3 is 5.32 Å². The molecule has 1 aliphatic heterocycles. The SMILES string of the molecule is O=C(NC(c1ccccc1)c1ccncc1)C1CCN(S(=O)(=O)c2ccc3c(c2)CCC3)CC1. The minimum atomic E-state index is -3.55. The molecule has 1 amide bonds. The Labute approximate surface area is 201 Å². The van der Waals surface area contributed by atoms with Gasteiger partial charge in [0.05, 0.1) is 10.9 Å². The van der Waals surface area contributed by atoms with Crippen LogP contribution in [0.5, 0.6) is 0 Å². The third-order valence-electron chi connectivity index (χ3n) is 6.99. The molecule has 0 radical (unpaired) electrons. The van der Waals surface area contributed by atoms with Crippen molar-refractivity contribution in [2.45, 2.75) is 43.0 Å². The number of nitrogens with one attached hydrogen (secondary N) is 1. The Morgan fingerprint density at radius 2 is 1.59 bits per heavy atom. The van der Waals surface area contributed by atoms with Crippen LogP contribution < -0.4 is 5.32 Å². The normalized spacial score (nSPS) is 17.8. The molecule has 176 valence electrons. The highest BCUT2D eigenvalue weighted by Crippen LogP contribution is 2.29. The van der Waals surface area contributed by atoms with Crippen molar-refractivity contribution in [3.63, 3.8) is 0 Å². The van der Waals surface area contributed by atoms with Crippen LogP contribution in [0.3, 0.4) is 0 Å². The second-order valence-corrected chi connectivity index (χ2v) is 11.0. The summed E-state index contributed by atoms with van der Waals surface area (Å²) in [5, 5.41) is 3.20. The number of sulfonamides is 1. The summed E-state index contributed by atoms with van der Waals surface area (Å²) in [5.74, 6) is -0.264. The van der Waals surface area contributed by atoms with Gasteiger partial charge in [-0.25, -0.2) is 8.42 Å². The fraction of sp³-hybridized carbons (Fsp3) is 0.333. The van der Waals surface area contributed by atoms with Crippen molar-refractivity contribution in [2.75, 3.05) is 13.1 Å². The first-order valence-corrected chi connectivity index (χ1v) is 13.3. The summed E-state index contributed by atoms with van der Waals surface area (Å²) >= 11 is 0. The number of fused-ring (bicyclic) bond motifs is 1. The number of aryl methyl sites for hydroxylation is 2. The summed E-state index contributed by atoms with van der Waals surface area (Å²) in [5.41, 5.74) is 4.37. The zero-order valence-electron chi connectivity index (χ0n) is 19.1. The summed E-state index contributed by atoms with van der Waals surface area (Å²) in [6.45, 7) is 0.700. The van der Waals surface area contributed by atoms with Gasteiger partial charge in [0, 0.05) is 31.4 Å². The summed E-state index contributed by atoms with van der Waals surface area (Å²) in [6.07, 6.45) is 7.52. The van der Waals surface area contributed by atoms with E-state index in [1.165, 1.54) is 9.87 Å². The van der Waals surface area contributed by atoms with E-state index < -0.39 is 10.0 Å². The Balaban J connectivity index is 1.26. The van der Waals surface area contributed by atoms with Crippen molar-refractivity contribution in [1.29, 1.82) is 0 Å². The van der Waals surface area contributed by atoms with E-state index in [0.717, 1.165) is 36.0 Å². The van der Waals surface area contributed by atoms with E-state index in [1.807, 2.05) is 54.6 Å². The van der Waals surface area contributed by atoms with E-state index in [0.29, 0.717) is 30.8 Å². The first-order valence-electron chi connectivity index (χ1n) is 11.9. The summed E-state index contributed by atoms with van der Waals surface area (Å²) in [7, 11) is -3.55. The molecule has 2 aliphatic rings. The first-order chi connectivity index (χ1) is 16.5. The standard InChI is InChI=1S/C27H29N3O3S/c31-27(29-26(21-5-2-1-3-6-21)22-11-15-28-16-12-22)23-13-17-30(18-14-23)34(32,33)25-10-9-20-7-4-8-24(20)19-25/h1-3,5-6,9-12,15-16,19,23,26H,4,7-8,13-14,17-18H2,(H,29,31). The number of carbonyl (C=O) groups excluding carboxylic acids is 1. The molecule has 6 nitrogen and oxygen atoms in total. The van der Waals surface area contributed by atoms with E-state index in [-0.39, 0.29) is 17.9 Å². The van der Waals surface area contributed by atoms with Gasteiger partial charge in [0.15, 0.2) is 0 Å². The average Bonchev–Trinajstić information content (AvgIpc) is 3.36. The molecule has 1 fully saturated rings. The minimum Gasteiger partial charge on any atom is -0.345 e. The lowest BCUT2D eigenvalue weighted by atomic mass is 9.94. The number of amides is 1. The zero-order valence-corrected chi connectivity index (χ0v) is 19.9. The van der Waals surface area contributed by atoms with Crippen molar-refractivity contribution in [1.82, 2.24) is 14.6 Å². The van der Waals surface area contributed by atoms with Gasteiger partial charge >= 0.3 is 0 Å². The highest BCUT2D eigenvalue weighted by molar-refractivity contribution is 7.89. The molecule has 2 heterocycles. The molecular formula is C27H29N3O3S. The van der Waals surface area contributed by atoms with Gasteiger partial charge in [0.2, 0.25) is 15.9 Å². The van der Waals surface area contributed by atoms with Gasteiger partial charge in [-0.2, -0.15) is 4.31 Å². The summed E-state index contributed by atoms with van der Waals surface area (Å²) < 4.78 is 28.0. The van der Waals surface area contributed by atoms with E-state index in [9.17, 15) is 13.2 Å². The third-order valence-corrected chi connectivity index (χ3v) is 8.89. The van der Waals surface area contributed by atoms with E-state index in [4.69, 9.17) is 0 Å². The van der Waals surface area contributed by atoms with Crippen LogP contribution in [0.25, 0.3) is 0 Å². The van der Waals surface area contributed by atoms with Crippen LogP contribution in [-0.2, 0) is 27.7 Å². The number of pyridine rings is 1. The number of piperidine rings is 1. The second kappa shape index (κ2) is 9.68. The fourth-order valence-corrected chi connectivity index (χ4v) is 6.56. The van der Waals surface area contributed by atoms with Gasteiger partial charge in [0.25, 0.3) is 0 Å². The van der Waals surface area contributed by atoms with Crippen LogP contribution in [0.15, 0.2) is 78.0 Å². The molecule has 0 spiro atoms. The van der Waals surface area contributed by atoms with Crippen molar-refractivity contribution in [2.24, 2.45) is 5.92 Å². The Hall–Kier alpha value is -3.03. The van der Waals surface area contributed by atoms with E-state index in [2.05, 4.69) is 10.3 Å². The number of aromatic nitrogens is 1. The van der Waals surface area contributed by atoms with Crippen molar-refractivity contribution in [3.8, 4) is 0 Å². The Morgan fingerprint density at radius 3 is 2.32 bits per heavy atom. The maximum Gasteiger partial charge on any atom is 0.243 e. The molecule has 1 unspecified atom stereocenters. The van der Waals surface area contributed by atoms with Gasteiger partial charge in [0.1, 0.15) is 0 Å². The Morgan fingerprint density at radius 1 is 0.912 bits per heavy atom. The predicted molar refractivity (Wildman–Crippen MR) is 131 cm³/mol. The zero-order chi connectivity index (χ0) is 23.5. The molecule has 1 N–H and O–H groups in total. The lowest BCUT2D eigenvalue weighted by Crippen LogP contribution is -2.43. The highest BCUT2D eigenvalue weighted by Gasteiger charge is 2.33. The molecule has 1 aliphatic carbocycles. The van der Waals surface area contributed by atoms with E-state index in [1.54, 1.807) is 18.5 Å². The molecule has 1 aromatic heterocycles. The lowest BCUT2D eigenvalue weighted by molar-refractivity contribution is -0.126. The quantitative estimate of drug-likeness (QED) is 0.587. The monoisotopic (exact) mass is 475 g/mol. The van der Waals surface area contributed by atoms with Crippen LogP contribution >= 0.6 is 0 Å². The second-order valence-electron chi connectivity index (χ2n) is 9.10. The van der Waals surface area contributed by atoms with Crippen LogP contribution in [0, 0.1) is 5.92 Å². The molecule has 0 saturated carbocycles. The maximum atomic E-state index is 13.2. The Kier molecular flexibility index (Phi) is 6.48. The number of benzene rings is 2. The molecule has 1 saturated heterocycles. The van der Waals surface area contributed by atoms with Gasteiger partial charge in [-0.05, 0) is 78.6 Å². The Bertz CT molecular complexity index is 1220. The molecule has 1 atom stereocenters. The highest BCUT2D eigenvalue weighted by atomic mass is 32.2. The minimum absolute atomic E-state index is 0.0414. The summed E-state index contributed by atoms with van der Waals surface area (Å²) in [4.78, 5) is 17.7. The maximum absolute atomic E-state index is 13.2. The smallest absolute Gasteiger partial charge is 0.243 e. The van der Waals surface area contributed by atoms with Gasteiger partial charge in [-0.3, -0.25) is 9.78 Å². The predicted octanol–water partition coefficient (Wildman–Crippen LogP) is 3.88. The van der Waals surface area contributed by atoms with Gasteiger partial charge in [-0.15, -0.1) is 0 Å². The largest absolute Gasteiger partial charge is 0.345 e. The molecule has 7 heteroatoms. The summed E-state index contributed by atoms with van der Waals surface area (Å²) in [6, 6.07) is 18.9. The number of hydrogen-bond donors (Lipinski definition) is 1. The molecule has 34 heavy (non-hydrogen) atoms. The molecule has 3 aromatic rings. The van der Waals surface area contributed by atoms with Crippen LogP contribution in [0.2, 0.25) is 0 Å². The number of hydrogen-bond acceptors (Lipinski definition) is 4. The molecule has 0 bridgehead atoms. The average molecular weight is 476 g/mol. The van der Waals surface area contributed by atoms with Crippen LogP contribution in [0.4, 0.5) is 0 Å². The van der Waals surface area contributed by atoms with Gasteiger partial charge in [-0.1, -0.05) is 36.4 Å². The number of carbonyl (C=O) groups is 1. The third kappa shape index (κ3) is 4.63. The van der Waals surface area contributed by atoms with E-state index >= 15 is 0 Å². The van der Waals surface area contributed by atoms with Crippen molar-refractivity contribution >= 4 is 15.9 Å². The molecule has 2 aromatic carbocycles. The topological polar surface area (TPSA) is 79.4 Å². The number of nitrogens with zero attached hydrogens (tertiary/aromatic N) is 2. The lowest BCUT2D eigenvalue weighted by Gasteiger charge is -2.31.